The van der Waals surface area contributed by atoms with Gasteiger partial charge in [-0.15, -0.1) is 11.3 Å². The molecule has 0 aliphatic heterocycles. The molecule has 1 fully saturated rings. The number of nitrogens with zero attached hydrogens (tertiary/aromatic N) is 1. The Bertz CT molecular complexity index is 672. The van der Waals surface area contributed by atoms with E-state index in [0.717, 1.165) is 30.6 Å². The molecule has 1 heterocycles. The molecule has 24 heavy (non-hydrogen) atoms. The number of rotatable bonds is 6. The van der Waals surface area contributed by atoms with Gasteiger partial charge in [-0.3, -0.25) is 4.79 Å². The predicted molar refractivity (Wildman–Crippen MR) is 96.9 cm³/mol. The molecule has 1 aliphatic carbocycles. The van der Waals surface area contributed by atoms with Crippen molar-refractivity contribution in [2.24, 2.45) is 11.7 Å². The first-order chi connectivity index (χ1) is 11.7. The first-order valence-corrected chi connectivity index (χ1v) is 9.24. The van der Waals surface area contributed by atoms with E-state index in [4.69, 9.17) is 10.5 Å². The molecule has 128 valence electrons. The molecule has 0 spiro atoms. The van der Waals surface area contributed by atoms with E-state index in [1.54, 1.807) is 18.4 Å². The standard InChI is InChI=1S/C19H24N2O2S/c1-23-18-7-3-2-5-15(18)12-21(13-17-6-4-10-24-17)19(22)14-8-9-16(20)11-14/h2-7,10,14,16H,8-9,11-13,20H2,1H3. The van der Waals surface area contributed by atoms with Crippen molar-refractivity contribution in [1.29, 1.82) is 0 Å². The highest BCUT2D eigenvalue weighted by Gasteiger charge is 2.31. The number of thiophene rings is 1. The minimum atomic E-state index is 0.0506. The number of benzene rings is 1. The molecule has 1 amide bonds. The summed E-state index contributed by atoms with van der Waals surface area (Å²) in [5.74, 6) is 1.08. The number of methoxy groups -OCH3 is 1. The predicted octanol–water partition coefficient (Wildman–Crippen LogP) is 3.41. The van der Waals surface area contributed by atoms with Gasteiger partial charge in [0.2, 0.25) is 5.91 Å². The van der Waals surface area contributed by atoms with Crippen molar-refractivity contribution in [1.82, 2.24) is 4.90 Å². The van der Waals surface area contributed by atoms with Crippen LogP contribution in [0.15, 0.2) is 41.8 Å². The summed E-state index contributed by atoms with van der Waals surface area (Å²) in [6.45, 7) is 1.20. The summed E-state index contributed by atoms with van der Waals surface area (Å²) >= 11 is 1.68. The molecule has 5 heteroatoms. The Morgan fingerprint density at radius 1 is 1.25 bits per heavy atom. The molecule has 2 atom stereocenters. The maximum atomic E-state index is 13.1. The van der Waals surface area contributed by atoms with Crippen molar-refractivity contribution in [3.05, 3.63) is 52.2 Å². The van der Waals surface area contributed by atoms with Gasteiger partial charge in [0, 0.05) is 28.9 Å². The van der Waals surface area contributed by atoms with Crippen LogP contribution in [0.2, 0.25) is 0 Å². The highest BCUT2D eigenvalue weighted by Crippen LogP contribution is 2.29. The van der Waals surface area contributed by atoms with Crippen LogP contribution in [0.4, 0.5) is 0 Å². The van der Waals surface area contributed by atoms with E-state index in [9.17, 15) is 4.79 Å². The third-order valence-corrected chi connectivity index (χ3v) is 5.48. The molecule has 3 rings (SSSR count). The molecule has 0 saturated heterocycles. The van der Waals surface area contributed by atoms with Gasteiger partial charge in [0.05, 0.1) is 13.7 Å². The van der Waals surface area contributed by atoms with Crippen molar-refractivity contribution in [2.75, 3.05) is 7.11 Å². The van der Waals surface area contributed by atoms with Gasteiger partial charge in [-0.25, -0.2) is 0 Å². The number of amides is 1. The van der Waals surface area contributed by atoms with Crippen LogP contribution in [0.1, 0.15) is 29.7 Å². The Morgan fingerprint density at radius 3 is 2.75 bits per heavy atom. The lowest BCUT2D eigenvalue weighted by atomic mass is 10.1. The van der Waals surface area contributed by atoms with E-state index in [1.807, 2.05) is 40.6 Å². The molecule has 1 aromatic heterocycles. The van der Waals surface area contributed by atoms with Crippen LogP contribution < -0.4 is 10.5 Å². The monoisotopic (exact) mass is 344 g/mol. The minimum Gasteiger partial charge on any atom is -0.496 e. The molecular weight excluding hydrogens is 320 g/mol. The maximum Gasteiger partial charge on any atom is 0.226 e. The summed E-state index contributed by atoms with van der Waals surface area (Å²) in [6, 6.07) is 12.2. The van der Waals surface area contributed by atoms with E-state index in [1.165, 1.54) is 4.88 Å². The van der Waals surface area contributed by atoms with Gasteiger partial charge in [0.15, 0.2) is 0 Å². The zero-order valence-electron chi connectivity index (χ0n) is 14.0. The second kappa shape index (κ2) is 7.81. The highest BCUT2D eigenvalue weighted by atomic mass is 32.1. The zero-order chi connectivity index (χ0) is 16.9. The summed E-state index contributed by atoms with van der Waals surface area (Å²) in [4.78, 5) is 16.2. The summed E-state index contributed by atoms with van der Waals surface area (Å²) < 4.78 is 5.45. The van der Waals surface area contributed by atoms with Gasteiger partial charge in [-0.05, 0) is 36.8 Å². The van der Waals surface area contributed by atoms with Crippen LogP contribution in [-0.4, -0.2) is 24.0 Å². The number of ether oxygens (including phenoxy) is 1. The van der Waals surface area contributed by atoms with Crippen molar-refractivity contribution in [2.45, 2.75) is 38.4 Å². The van der Waals surface area contributed by atoms with Gasteiger partial charge in [-0.1, -0.05) is 24.3 Å². The molecule has 1 aromatic carbocycles. The molecule has 0 bridgehead atoms. The van der Waals surface area contributed by atoms with Crippen molar-refractivity contribution in [3.63, 3.8) is 0 Å². The summed E-state index contributed by atoms with van der Waals surface area (Å²) in [6.07, 6.45) is 2.64. The number of nitrogens with two attached hydrogens (primary N) is 1. The number of hydrogen-bond acceptors (Lipinski definition) is 4. The first kappa shape index (κ1) is 17.0. The number of hydrogen-bond donors (Lipinski definition) is 1. The largest absolute Gasteiger partial charge is 0.496 e. The summed E-state index contributed by atoms with van der Waals surface area (Å²) in [5, 5.41) is 2.05. The van der Waals surface area contributed by atoms with Gasteiger partial charge in [0.25, 0.3) is 0 Å². The van der Waals surface area contributed by atoms with E-state index >= 15 is 0 Å². The van der Waals surface area contributed by atoms with E-state index < -0.39 is 0 Å². The molecule has 2 N–H and O–H groups in total. The quantitative estimate of drug-likeness (QED) is 0.874. The fourth-order valence-electron chi connectivity index (χ4n) is 3.34. The smallest absolute Gasteiger partial charge is 0.226 e. The fraction of sp³-hybridized carbons (Fsp3) is 0.421. The SMILES string of the molecule is COc1ccccc1CN(Cc1cccs1)C(=O)C1CCC(N)C1. The third-order valence-electron chi connectivity index (χ3n) is 4.61. The molecule has 1 aliphatic rings. The van der Waals surface area contributed by atoms with Gasteiger partial charge >= 0.3 is 0 Å². The maximum absolute atomic E-state index is 13.1. The lowest BCUT2D eigenvalue weighted by Gasteiger charge is -2.26. The highest BCUT2D eigenvalue weighted by molar-refractivity contribution is 7.09. The zero-order valence-corrected chi connectivity index (χ0v) is 14.8. The molecule has 1 saturated carbocycles. The van der Waals surface area contributed by atoms with Crippen LogP contribution in [0.5, 0.6) is 5.75 Å². The van der Waals surface area contributed by atoms with Crippen LogP contribution in [-0.2, 0) is 17.9 Å². The molecule has 2 unspecified atom stereocenters. The normalized spacial score (nSPS) is 20.1. The first-order valence-electron chi connectivity index (χ1n) is 8.36. The Balaban J connectivity index is 1.80. The molecule has 2 aromatic rings. The van der Waals surface area contributed by atoms with E-state index in [-0.39, 0.29) is 17.9 Å². The minimum absolute atomic E-state index is 0.0506. The second-order valence-corrected chi connectivity index (χ2v) is 7.39. The van der Waals surface area contributed by atoms with Crippen LogP contribution in [0.25, 0.3) is 0 Å². The molecule has 0 radical (unpaired) electrons. The van der Waals surface area contributed by atoms with Crippen LogP contribution in [0, 0.1) is 5.92 Å². The Labute approximate surface area is 147 Å². The van der Waals surface area contributed by atoms with Crippen LogP contribution >= 0.6 is 11.3 Å². The van der Waals surface area contributed by atoms with Gasteiger partial charge in [-0.2, -0.15) is 0 Å². The number of carbonyl (C=O) groups is 1. The van der Waals surface area contributed by atoms with Crippen molar-refractivity contribution < 1.29 is 9.53 Å². The average molecular weight is 344 g/mol. The molecular formula is C19H24N2O2S. The Hall–Kier alpha value is -1.85. The number of para-hydroxylation sites is 1. The topological polar surface area (TPSA) is 55.6 Å². The van der Waals surface area contributed by atoms with Crippen LogP contribution in [0.3, 0.4) is 0 Å². The summed E-state index contributed by atoms with van der Waals surface area (Å²) in [7, 11) is 1.67. The van der Waals surface area contributed by atoms with Crippen molar-refractivity contribution >= 4 is 17.2 Å². The van der Waals surface area contributed by atoms with E-state index in [0.29, 0.717) is 13.1 Å². The second-order valence-electron chi connectivity index (χ2n) is 6.36. The number of carbonyl (C=O) groups excluding carboxylic acids is 1. The molecule has 4 nitrogen and oxygen atoms in total. The van der Waals surface area contributed by atoms with Gasteiger partial charge < -0.3 is 15.4 Å². The lowest BCUT2D eigenvalue weighted by Crippen LogP contribution is -2.35. The Kier molecular flexibility index (Phi) is 5.53. The van der Waals surface area contributed by atoms with E-state index in [2.05, 4.69) is 6.07 Å². The fourth-order valence-corrected chi connectivity index (χ4v) is 4.06. The summed E-state index contributed by atoms with van der Waals surface area (Å²) in [5.41, 5.74) is 7.04. The van der Waals surface area contributed by atoms with Crippen molar-refractivity contribution in [3.8, 4) is 5.75 Å². The Morgan fingerprint density at radius 2 is 2.08 bits per heavy atom. The lowest BCUT2D eigenvalue weighted by molar-refractivity contribution is -0.136. The third kappa shape index (κ3) is 3.97. The van der Waals surface area contributed by atoms with Gasteiger partial charge in [0.1, 0.15) is 5.75 Å². The average Bonchev–Trinajstić information content (AvgIpc) is 3.25.